The summed E-state index contributed by atoms with van der Waals surface area (Å²) in [6.07, 6.45) is 11.0. The van der Waals surface area contributed by atoms with E-state index in [-0.39, 0.29) is 5.97 Å². The van der Waals surface area contributed by atoms with Crippen LogP contribution in [-0.2, 0) is 19.3 Å². The Hall–Kier alpha value is -0.610. The smallest absolute Gasteiger partial charge is 0.305 e. The predicted molar refractivity (Wildman–Crippen MR) is 91.7 cm³/mol. The molecular formula is C18H38O4. The number of hydrogen-bond acceptors (Lipinski definition) is 4. The second-order valence-electron chi connectivity index (χ2n) is 5.32. The Morgan fingerprint density at radius 1 is 0.682 bits per heavy atom. The van der Waals surface area contributed by atoms with Crippen molar-refractivity contribution in [2.75, 3.05) is 19.8 Å². The molecule has 0 bridgehead atoms. The molecule has 0 heterocycles. The van der Waals surface area contributed by atoms with E-state index < -0.39 is 0 Å². The van der Waals surface area contributed by atoms with Crippen LogP contribution in [0.3, 0.4) is 0 Å². The molecule has 0 N–H and O–H groups in total. The van der Waals surface area contributed by atoms with E-state index in [2.05, 4.69) is 20.8 Å². The average molecular weight is 318 g/mol. The molecule has 4 nitrogen and oxygen atoms in total. The summed E-state index contributed by atoms with van der Waals surface area (Å²) in [4.78, 5) is 20.7. The molecule has 22 heavy (non-hydrogen) atoms. The van der Waals surface area contributed by atoms with E-state index in [1.54, 1.807) is 0 Å². The zero-order valence-electron chi connectivity index (χ0n) is 15.3. The van der Waals surface area contributed by atoms with Crippen LogP contribution in [0.15, 0.2) is 0 Å². The van der Waals surface area contributed by atoms with Gasteiger partial charge in [0.2, 0.25) is 0 Å². The van der Waals surface area contributed by atoms with Gasteiger partial charge in [0.1, 0.15) is 0 Å². The molecule has 0 aliphatic heterocycles. The molecule has 0 aromatic rings. The lowest BCUT2D eigenvalue weighted by atomic mass is 10.2. The van der Waals surface area contributed by atoms with Crippen molar-refractivity contribution in [1.82, 2.24) is 0 Å². The van der Waals surface area contributed by atoms with E-state index in [4.69, 9.17) is 14.5 Å². The minimum absolute atomic E-state index is 0.0593. The fourth-order valence-corrected chi connectivity index (χ4v) is 1.69. The highest BCUT2D eigenvalue weighted by atomic mass is 17.2. The molecule has 0 aliphatic rings. The zero-order valence-corrected chi connectivity index (χ0v) is 15.3. The third-order valence-electron chi connectivity index (χ3n) is 3.04. The molecule has 4 heteroatoms. The molecule has 0 unspecified atom stereocenters. The van der Waals surface area contributed by atoms with Crippen LogP contribution in [0.2, 0.25) is 0 Å². The topological polar surface area (TPSA) is 44.8 Å². The van der Waals surface area contributed by atoms with Crippen LogP contribution < -0.4 is 0 Å². The fraction of sp³-hybridized carbons (Fsp3) is 0.944. The summed E-state index contributed by atoms with van der Waals surface area (Å²) < 4.78 is 4.75. The Labute approximate surface area is 137 Å². The van der Waals surface area contributed by atoms with Gasteiger partial charge in [-0.2, -0.15) is 0 Å². The number of carbonyl (C=O) groups excluding carboxylic acids is 1. The monoisotopic (exact) mass is 318 g/mol. The second-order valence-corrected chi connectivity index (χ2v) is 5.32. The lowest BCUT2D eigenvalue weighted by Gasteiger charge is -2.02. The summed E-state index contributed by atoms with van der Waals surface area (Å²) in [5.41, 5.74) is 0. The molecule has 0 spiro atoms. The number of carbonyl (C=O) groups is 1. The molecule has 0 atom stereocenters. The zero-order chi connectivity index (χ0) is 16.9. The van der Waals surface area contributed by atoms with Crippen molar-refractivity contribution in [2.24, 2.45) is 0 Å². The predicted octanol–water partition coefficient (Wildman–Crippen LogP) is 5.44. The number of esters is 1. The van der Waals surface area contributed by atoms with Crippen molar-refractivity contribution >= 4 is 5.97 Å². The highest BCUT2D eigenvalue weighted by Crippen LogP contribution is 2.00. The number of hydrogen-bond donors (Lipinski definition) is 0. The van der Waals surface area contributed by atoms with Gasteiger partial charge in [0.15, 0.2) is 0 Å². The van der Waals surface area contributed by atoms with Crippen LogP contribution in [0.1, 0.15) is 91.9 Å². The Balaban J connectivity index is 0. The first-order valence-corrected chi connectivity index (χ1v) is 9.12. The number of ether oxygens (including phenoxy) is 1. The van der Waals surface area contributed by atoms with Gasteiger partial charge in [-0.25, -0.2) is 9.78 Å². The maximum absolute atomic E-state index is 10.7. The summed E-state index contributed by atoms with van der Waals surface area (Å²) in [5.74, 6) is -0.0593. The first-order valence-electron chi connectivity index (χ1n) is 9.12. The van der Waals surface area contributed by atoms with Crippen molar-refractivity contribution in [3.05, 3.63) is 0 Å². The molecule has 0 amide bonds. The normalized spacial score (nSPS) is 10.0. The molecular weight excluding hydrogens is 280 g/mol. The van der Waals surface area contributed by atoms with Crippen molar-refractivity contribution in [3.8, 4) is 0 Å². The molecule has 0 fully saturated rings. The maximum Gasteiger partial charge on any atom is 0.305 e. The number of rotatable bonds is 14. The highest BCUT2D eigenvalue weighted by Gasteiger charge is 1.98. The van der Waals surface area contributed by atoms with E-state index in [9.17, 15) is 4.79 Å². The summed E-state index contributed by atoms with van der Waals surface area (Å²) in [6, 6.07) is 0. The van der Waals surface area contributed by atoms with E-state index in [0.717, 1.165) is 45.3 Å². The minimum atomic E-state index is -0.0593. The molecule has 0 aliphatic carbocycles. The van der Waals surface area contributed by atoms with Gasteiger partial charge in [0.05, 0.1) is 19.8 Å². The van der Waals surface area contributed by atoms with Gasteiger partial charge in [-0.05, 0) is 26.2 Å². The Morgan fingerprint density at radius 3 is 1.55 bits per heavy atom. The van der Waals surface area contributed by atoms with Crippen molar-refractivity contribution < 1.29 is 19.3 Å². The van der Waals surface area contributed by atoms with Gasteiger partial charge in [-0.1, -0.05) is 59.3 Å². The lowest BCUT2D eigenvalue weighted by Crippen LogP contribution is -2.02. The van der Waals surface area contributed by atoms with Gasteiger partial charge in [-0.3, -0.25) is 4.79 Å². The molecule has 0 saturated heterocycles. The van der Waals surface area contributed by atoms with Crippen LogP contribution in [-0.4, -0.2) is 25.8 Å². The summed E-state index contributed by atoms with van der Waals surface area (Å²) in [5, 5.41) is 0. The van der Waals surface area contributed by atoms with E-state index in [0.29, 0.717) is 13.0 Å². The SMILES string of the molecule is CCCCCC(=O)OCC.CCCCCOOCCCCC. The van der Waals surface area contributed by atoms with Crippen molar-refractivity contribution in [3.63, 3.8) is 0 Å². The first-order chi connectivity index (χ1) is 10.7. The van der Waals surface area contributed by atoms with E-state index >= 15 is 0 Å². The second kappa shape index (κ2) is 22.7. The Bertz CT molecular complexity index is 197. The Morgan fingerprint density at radius 2 is 1.14 bits per heavy atom. The third-order valence-corrected chi connectivity index (χ3v) is 3.04. The fourth-order valence-electron chi connectivity index (χ4n) is 1.69. The quantitative estimate of drug-likeness (QED) is 0.185. The summed E-state index contributed by atoms with van der Waals surface area (Å²) >= 11 is 0. The van der Waals surface area contributed by atoms with Gasteiger partial charge in [0, 0.05) is 6.42 Å². The molecule has 0 rings (SSSR count). The van der Waals surface area contributed by atoms with Gasteiger partial charge in [-0.15, -0.1) is 0 Å². The molecule has 134 valence electrons. The molecule has 0 aromatic carbocycles. The average Bonchev–Trinajstić information content (AvgIpc) is 2.51. The first kappa shape index (κ1) is 23.7. The highest BCUT2D eigenvalue weighted by molar-refractivity contribution is 5.69. The van der Waals surface area contributed by atoms with Gasteiger partial charge in [0.25, 0.3) is 0 Å². The lowest BCUT2D eigenvalue weighted by molar-refractivity contribution is -0.295. The van der Waals surface area contributed by atoms with Gasteiger partial charge < -0.3 is 4.74 Å². The summed E-state index contributed by atoms with van der Waals surface area (Å²) in [7, 11) is 0. The van der Waals surface area contributed by atoms with Crippen molar-refractivity contribution in [2.45, 2.75) is 91.9 Å². The van der Waals surface area contributed by atoms with Gasteiger partial charge >= 0.3 is 5.97 Å². The van der Waals surface area contributed by atoms with Crippen LogP contribution in [0.4, 0.5) is 0 Å². The molecule has 0 radical (unpaired) electrons. The van der Waals surface area contributed by atoms with E-state index in [1.807, 2.05) is 6.92 Å². The standard InChI is InChI=1S/C10H22O2.C8H16O2/c1-3-5-7-9-11-12-10-8-6-4-2;1-3-5-6-7-8(9)10-4-2/h3-10H2,1-2H3;3-7H2,1-2H3. The van der Waals surface area contributed by atoms with Crippen LogP contribution >= 0.6 is 0 Å². The Kier molecular flexibility index (Phi) is 24.4. The largest absolute Gasteiger partial charge is 0.466 e. The van der Waals surface area contributed by atoms with Crippen LogP contribution in [0.5, 0.6) is 0 Å². The minimum Gasteiger partial charge on any atom is -0.466 e. The molecule has 0 saturated carbocycles. The summed E-state index contributed by atoms with van der Waals surface area (Å²) in [6.45, 7) is 10.3. The van der Waals surface area contributed by atoms with Crippen molar-refractivity contribution in [1.29, 1.82) is 0 Å². The van der Waals surface area contributed by atoms with E-state index in [1.165, 1.54) is 25.7 Å². The van der Waals surface area contributed by atoms with Crippen LogP contribution in [0.25, 0.3) is 0 Å². The third kappa shape index (κ3) is 24.4. The number of unbranched alkanes of at least 4 members (excludes halogenated alkanes) is 6. The molecule has 0 aromatic heterocycles. The van der Waals surface area contributed by atoms with Crippen LogP contribution in [0, 0.1) is 0 Å². The maximum atomic E-state index is 10.7.